The van der Waals surface area contributed by atoms with Crippen LogP contribution in [0.5, 0.6) is 5.75 Å². The highest BCUT2D eigenvalue weighted by Gasteiger charge is 2.06. The van der Waals surface area contributed by atoms with Gasteiger partial charge in [0, 0.05) is 0 Å². The van der Waals surface area contributed by atoms with Crippen LogP contribution in [0.15, 0.2) is 60.0 Å². The van der Waals surface area contributed by atoms with Crippen LogP contribution in [0, 0.1) is 0 Å². The summed E-state index contributed by atoms with van der Waals surface area (Å²) in [4.78, 5) is 12.1. The third-order valence-corrected chi connectivity index (χ3v) is 3.77. The number of ether oxygens (including phenoxy) is 1. The lowest BCUT2D eigenvalue weighted by atomic mass is 10.1. The number of aromatic nitrogens is 4. The highest BCUT2D eigenvalue weighted by atomic mass is 16.5. The summed E-state index contributed by atoms with van der Waals surface area (Å²) in [6.07, 6.45) is 1.51. The number of hydrogen-bond donors (Lipinski definition) is 2. The Morgan fingerprint density at radius 3 is 2.85 bits per heavy atom. The van der Waals surface area contributed by atoms with Crippen LogP contribution in [0.2, 0.25) is 0 Å². The van der Waals surface area contributed by atoms with E-state index in [1.807, 2.05) is 55.5 Å². The number of hydrogen-bond acceptors (Lipinski definition) is 7. The van der Waals surface area contributed by atoms with Gasteiger partial charge in [-0.1, -0.05) is 24.3 Å². The normalized spacial score (nSPS) is 11.1. The summed E-state index contributed by atoms with van der Waals surface area (Å²) < 4.78 is 6.79. The zero-order chi connectivity index (χ0) is 19.1. The molecule has 9 nitrogen and oxygen atoms in total. The number of amides is 1. The van der Waals surface area contributed by atoms with Crippen LogP contribution in [-0.2, 0) is 4.79 Å². The lowest BCUT2D eigenvalue weighted by Crippen LogP contribution is -2.26. The molecule has 0 aliphatic rings. The average molecular weight is 365 g/mol. The quantitative estimate of drug-likeness (QED) is 0.487. The van der Waals surface area contributed by atoms with Gasteiger partial charge in [0.2, 0.25) is 0 Å². The zero-order valence-electron chi connectivity index (χ0n) is 15.0. The van der Waals surface area contributed by atoms with E-state index < -0.39 is 0 Å². The maximum absolute atomic E-state index is 12.1. The molecule has 0 saturated heterocycles. The molecule has 2 N–H and O–H groups in total. The van der Waals surface area contributed by atoms with Crippen molar-refractivity contribution >= 4 is 17.3 Å². The second-order valence-corrected chi connectivity index (χ2v) is 5.59. The van der Waals surface area contributed by atoms with E-state index in [-0.39, 0.29) is 12.5 Å². The number of para-hydroxylation sites is 2. The molecule has 9 heteroatoms. The van der Waals surface area contributed by atoms with E-state index in [2.05, 4.69) is 31.4 Å². The van der Waals surface area contributed by atoms with E-state index in [1.165, 1.54) is 6.33 Å². The largest absolute Gasteiger partial charge is 0.495 e. The minimum absolute atomic E-state index is 0.0712. The lowest BCUT2D eigenvalue weighted by molar-refractivity contribution is -0.119. The molecule has 0 bridgehead atoms. The van der Waals surface area contributed by atoms with Gasteiger partial charge in [-0.3, -0.25) is 4.79 Å². The zero-order valence-corrected chi connectivity index (χ0v) is 15.0. The van der Waals surface area contributed by atoms with E-state index in [9.17, 15) is 4.79 Å². The molecular weight excluding hydrogens is 346 g/mol. The first-order valence-corrected chi connectivity index (χ1v) is 8.21. The molecule has 0 saturated carbocycles. The first kappa shape index (κ1) is 18.1. The number of hydrazone groups is 1. The van der Waals surface area contributed by atoms with Gasteiger partial charge in [0.25, 0.3) is 5.91 Å². The second-order valence-electron chi connectivity index (χ2n) is 5.59. The first-order valence-electron chi connectivity index (χ1n) is 8.21. The van der Waals surface area contributed by atoms with Crippen LogP contribution >= 0.6 is 0 Å². The van der Waals surface area contributed by atoms with Crippen molar-refractivity contribution in [3.05, 3.63) is 60.4 Å². The summed E-state index contributed by atoms with van der Waals surface area (Å²) in [6, 6.07) is 14.9. The second kappa shape index (κ2) is 8.56. The average Bonchev–Trinajstić information content (AvgIpc) is 3.25. The number of carbonyl (C=O) groups excluding carboxylic acids is 1. The van der Waals surface area contributed by atoms with Gasteiger partial charge in [0.15, 0.2) is 0 Å². The molecule has 0 aliphatic heterocycles. The number of rotatable bonds is 7. The van der Waals surface area contributed by atoms with Crippen LogP contribution < -0.4 is 15.5 Å². The Morgan fingerprint density at radius 1 is 1.22 bits per heavy atom. The fourth-order valence-electron chi connectivity index (χ4n) is 2.37. The number of nitrogens with zero attached hydrogens (tertiary/aromatic N) is 5. The van der Waals surface area contributed by atoms with Crippen molar-refractivity contribution in [2.24, 2.45) is 5.10 Å². The molecule has 3 rings (SSSR count). The monoisotopic (exact) mass is 365 g/mol. The molecule has 0 atom stereocenters. The van der Waals surface area contributed by atoms with Crippen molar-refractivity contribution in [1.29, 1.82) is 0 Å². The Labute approximate surface area is 156 Å². The maximum Gasteiger partial charge on any atom is 0.259 e. The van der Waals surface area contributed by atoms with Gasteiger partial charge in [0.1, 0.15) is 12.1 Å². The van der Waals surface area contributed by atoms with Gasteiger partial charge >= 0.3 is 0 Å². The summed E-state index contributed by atoms with van der Waals surface area (Å²) >= 11 is 0. The van der Waals surface area contributed by atoms with Crippen LogP contribution in [0.4, 0.5) is 5.69 Å². The number of benzene rings is 2. The molecule has 0 spiro atoms. The molecule has 0 radical (unpaired) electrons. The molecule has 3 aromatic rings. The smallest absolute Gasteiger partial charge is 0.259 e. The minimum atomic E-state index is -0.267. The number of tetrazole rings is 1. The van der Waals surface area contributed by atoms with Crippen molar-refractivity contribution in [1.82, 2.24) is 25.6 Å². The molecule has 0 fully saturated rings. The number of methoxy groups -OCH3 is 1. The molecular formula is C18H19N7O2. The van der Waals surface area contributed by atoms with Crippen LogP contribution in [0.3, 0.4) is 0 Å². The SMILES string of the molecule is COc1ccccc1NCC(=O)N/N=C(\C)c1cccc(-n2cnnn2)c1. The Balaban J connectivity index is 1.60. The van der Waals surface area contributed by atoms with Crippen LogP contribution in [-0.4, -0.2) is 45.5 Å². The molecule has 2 aromatic carbocycles. The summed E-state index contributed by atoms with van der Waals surface area (Å²) in [5, 5.41) is 18.3. The standard InChI is InChI=1S/C18H19N7O2/c1-13(14-6-5-7-15(10-14)25-12-20-23-24-25)21-22-18(26)11-19-16-8-3-4-9-17(16)27-2/h3-10,12,19H,11H2,1-2H3,(H,22,26)/b21-13+. The van der Waals surface area contributed by atoms with Gasteiger partial charge in [-0.15, -0.1) is 5.10 Å². The Morgan fingerprint density at radius 2 is 2.07 bits per heavy atom. The van der Waals surface area contributed by atoms with Gasteiger partial charge in [0.05, 0.1) is 30.7 Å². The third-order valence-electron chi connectivity index (χ3n) is 3.77. The molecule has 1 aromatic heterocycles. The highest BCUT2D eigenvalue weighted by molar-refractivity contribution is 5.99. The van der Waals surface area contributed by atoms with E-state index in [4.69, 9.17) is 4.74 Å². The molecule has 1 heterocycles. The summed E-state index contributed by atoms with van der Waals surface area (Å²) in [5.41, 5.74) is 5.59. The first-order chi connectivity index (χ1) is 13.2. The van der Waals surface area contributed by atoms with Gasteiger partial charge < -0.3 is 10.1 Å². The van der Waals surface area contributed by atoms with Crippen LogP contribution in [0.1, 0.15) is 12.5 Å². The Bertz CT molecular complexity index is 938. The van der Waals surface area contributed by atoms with Crippen molar-refractivity contribution in [2.75, 3.05) is 19.0 Å². The minimum Gasteiger partial charge on any atom is -0.495 e. The van der Waals surface area contributed by atoms with Crippen molar-refractivity contribution in [3.63, 3.8) is 0 Å². The highest BCUT2D eigenvalue weighted by Crippen LogP contribution is 2.22. The molecule has 0 unspecified atom stereocenters. The summed E-state index contributed by atoms with van der Waals surface area (Å²) in [6.45, 7) is 1.88. The molecule has 27 heavy (non-hydrogen) atoms. The summed E-state index contributed by atoms with van der Waals surface area (Å²) in [7, 11) is 1.58. The van der Waals surface area contributed by atoms with Gasteiger partial charge in [-0.25, -0.2) is 10.1 Å². The third kappa shape index (κ3) is 4.66. The number of nitrogens with one attached hydrogen (secondary N) is 2. The fourth-order valence-corrected chi connectivity index (χ4v) is 2.37. The van der Waals surface area contributed by atoms with Crippen molar-refractivity contribution < 1.29 is 9.53 Å². The molecule has 0 aliphatic carbocycles. The van der Waals surface area contributed by atoms with Crippen molar-refractivity contribution in [2.45, 2.75) is 6.92 Å². The summed E-state index contributed by atoms with van der Waals surface area (Å²) in [5.74, 6) is 0.404. The Hall–Kier alpha value is -3.75. The topological polar surface area (TPSA) is 106 Å². The number of anilines is 1. The van der Waals surface area contributed by atoms with E-state index in [0.29, 0.717) is 11.5 Å². The van der Waals surface area contributed by atoms with E-state index in [1.54, 1.807) is 11.8 Å². The Kier molecular flexibility index (Phi) is 5.73. The van der Waals surface area contributed by atoms with E-state index >= 15 is 0 Å². The lowest BCUT2D eigenvalue weighted by Gasteiger charge is -2.10. The van der Waals surface area contributed by atoms with E-state index in [0.717, 1.165) is 16.9 Å². The number of carbonyl (C=O) groups is 1. The fraction of sp³-hybridized carbons (Fsp3) is 0.167. The van der Waals surface area contributed by atoms with Crippen LogP contribution in [0.25, 0.3) is 5.69 Å². The maximum atomic E-state index is 12.1. The molecule has 1 amide bonds. The predicted octanol–water partition coefficient (Wildman–Crippen LogP) is 1.62. The van der Waals surface area contributed by atoms with Crippen molar-refractivity contribution in [3.8, 4) is 11.4 Å². The van der Waals surface area contributed by atoms with Gasteiger partial charge in [-0.2, -0.15) is 5.10 Å². The van der Waals surface area contributed by atoms with Gasteiger partial charge in [-0.05, 0) is 47.2 Å². The molecule has 138 valence electrons. The predicted molar refractivity (Wildman–Crippen MR) is 101 cm³/mol.